The van der Waals surface area contributed by atoms with Crippen molar-refractivity contribution in [3.63, 3.8) is 0 Å². The molecule has 0 amide bonds. The molecular weight excluding hydrogens is 271 g/mol. The van der Waals surface area contributed by atoms with Crippen molar-refractivity contribution in [3.05, 3.63) is 48.4 Å². The third-order valence-electron chi connectivity index (χ3n) is 2.32. The lowest BCUT2D eigenvalue weighted by atomic mass is 10.4. The number of nitrogens with zero attached hydrogens (tertiary/aromatic N) is 1. The van der Waals surface area contributed by atoms with Crippen molar-refractivity contribution in [2.45, 2.75) is 4.90 Å². The number of sulfonamides is 1. The van der Waals surface area contributed by atoms with Crippen LogP contribution in [-0.2, 0) is 10.0 Å². The number of benzene rings is 1. The fourth-order valence-corrected chi connectivity index (χ4v) is 2.56. The zero-order valence-electron chi connectivity index (χ0n) is 10.00. The number of anilines is 1. The van der Waals surface area contributed by atoms with Crippen molar-refractivity contribution in [1.29, 1.82) is 0 Å². The molecule has 1 aromatic carbocycles. The lowest BCUT2D eigenvalue weighted by molar-refractivity contribution is 0.398. The molecule has 0 bridgehead atoms. The second kappa shape index (κ2) is 5.23. The van der Waals surface area contributed by atoms with Gasteiger partial charge in [-0.1, -0.05) is 12.1 Å². The summed E-state index contributed by atoms with van der Waals surface area (Å²) in [4.78, 5) is 3.44. The standard InChI is InChI=1S/C12H11FN2O3S/c1-18-12-7-6-9(8-14-12)15-19(16,17)11-5-3-2-4-10(11)13/h2-8,15H,1H3. The van der Waals surface area contributed by atoms with Crippen LogP contribution < -0.4 is 9.46 Å². The molecule has 0 saturated heterocycles. The van der Waals surface area contributed by atoms with Crippen LogP contribution >= 0.6 is 0 Å². The van der Waals surface area contributed by atoms with Gasteiger partial charge in [0.05, 0.1) is 19.0 Å². The van der Waals surface area contributed by atoms with Gasteiger partial charge in [-0.25, -0.2) is 17.8 Å². The van der Waals surface area contributed by atoms with Gasteiger partial charge in [-0.3, -0.25) is 4.72 Å². The minimum absolute atomic E-state index is 0.226. The highest BCUT2D eigenvalue weighted by atomic mass is 32.2. The summed E-state index contributed by atoms with van der Waals surface area (Å²) in [7, 11) is -2.52. The lowest BCUT2D eigenvalue weighted by Crippen LogP contribution is -2.14. The summed E-state index contributed by atoms with van der Waals surface area (Å²) in [6.45, 7) is 0. The number of nitrogens with one attached hydrogen (secondary N) is 1. The number of ether oxygens (including phenoxy) is 1. The molecule has 7 heteroatoms. The summed E-state index contributed by atoms with van der Waals surface area (Å²) >= 11 is 0. The molecule has 1 heterocycles. The first-order valence-electron chi connectivity index (χ1n) is 5.30. The van der Waals surface area contributed by atoms with Crippen LogP contribution in [0.2, 0.25) is 0 Å². The van der Waals surface area contributed by atoms with E-state index in [9.17, 15) is 12.8 Å². The van der Waals surface area contributed by atoms with Crippen LogP contribution in [0.3, 0.4) is 0 Å². The van der Waals surface area contributed by atoms with Crippen molar-refractivity contribution < 1.29 is 17.5 Å². The normalized spacial score (nSPS) is 11.1. The zero-order valence-corrected chi connectivity index (χ0v) is 10.8. The smallest absolute Gasteiger partial charge is 0.264 e. The van der Waals surface area contributed by atoms with Gasteiger partial charge in [0, 0.05) is 6.07 Å². The van der Waals surface area contributed by atoms with Gasteiger partial charge in [0.1, 0.15) is 10.7 Å². The highest BCUT2D eigenvalue weighted by Crippen LogP contribution is 2.19. The van der Waals surface area contributed by atoms with E-state index in [0.717, 1.165) is 6.07 Å². The third-order valence-corrected chi connectivity index (χ3v) is 3.74. The van der Waals surface area contributed by atoms with Crippen LogP contribution in [0.1, 0.15) is 0 Å². The fourth-order valence-electron chi connectivity index (χ4n) is 1.43. The molecule has 1 N–H and O–H groups in total. The minimum Gasteiger partial charge on any atom is -0.481 e. The number of hydrogen-bond donors (Lipinski definition) is 1. The Kier molecular flexibility index (Phi) is 3.66. The van der Waals surface area contributed by atoms with Crippen LogP contribution in [0, 0.1) is 5.82 Å². The van der Waals surface area contributed by atoms with Crippen molar-refractivity contribution in [2.75, 3.05) is 11.8 Å². The van der Waals surface area contributed by atoms with Crippen molar-refractivity contribution in [2.24, 2.45) is 0 Å². The quantitative estimate of drug-likeness (QED) is 0.931. The number of halogens is 1. The van der Waals surface area contributed by atoms with Gasteiger partial charge in [-0.15, -0.1) is 0 Å². The van der Waals surface area contributed by atoms with Gasteiger partial charge in [0.15, 0.2) is 0 Å². The monoisotopic (exact) mass is 282 g/mol. The molecule has 0 aliphatic heterocycles. The maximum Gasteiger partial charge on any atom is 0.264 e. The molecule has 1 aromatic heterocycles. The van der Waals surface area contributed by atoms with E-state index in [1.807, 2.05) is 0 Å². The van der Waals surface area contributed by atoms with Crippen molar-refractivity contribution >= 4 is 15.7 Å². The van der Waals surface area contributed by atoms with Gasteiger partial charge >= 0.3 is 0 Å². The minimum atomic E-state index is -3.97. The van der Waals surface area contributed by atoms with Gasteiger partial charge in [0.25, 0.3) is 10.0 Å². The molecule has 0 spiro atoms. The predicted octanol–water partition coefficient (Wildman–Crippen LogP) is 2.03. The Labute approximate surface area is 110 Å². The first-order valence-corrected chi connectivity index (χ1v) is 6.78. The van der Waals surface area contributed by atoms with E-state index in [0.29, 0.717) is 5.88 Å². The molecule has 0 aliphatic rings. The molecule has 2 aromatic rings. The maximum absolute atomic E-state index is 13.5. The Morgan fingerprint density at radius 3 is 2.53 bits per heavy atom. The van der Waals surface area contributed by atoms with E-state index in [1.54, 1.807) is 0 Å². The van der Waals surface area contributed by atoms with Crippen LogP contribution in [0.5, 0.6) is 5.88 Å². The summed E-state index contributed by atoms with van der Waals surface area (Å²) in [6, 6.07) is 8.12. The zero-order chi connectivity index (χ0) is 13.9. The van der Waals surface area contributed by atoms with E-state index in [2.05, 4.69) is 9.71 Å². The number of hydrogen-bond acceptors (Lipinski definition) is 4. The van der Waals surface area contributed by atoms with E-state index in [4.69, 9.17) is 4.74 Å². The van der Waals surface area contributed by atoms with Crippen LogP contribution in [0.15, 0.2) is 47.5 Å². The van der Waals surface area contributed by atoms with E-state index in [1.165, 1.54) is 43.6 Å². The highest BCUT2D eigenvalue weighted by Gasteiger charge is 2.18. The van der Waals surface area contributed by atoms with Crippen LogP contribution in [-0.4, -0.2) is 20.5 Å². The lowest BCUT2D eigenvalue weighted by Gasteiger charge is -2.08. The van der Waals surface area contributed by atoms with Gasteiger partial charge in [-0.2, -0.15) is 0 Å². The molecule has 5 nitrogen and oxygen atoms in total. The maximum atomic E-state index is 13.5. The fraction of sp³-hybridized carbons (Fsp3) is 0.0833. The van der Waals surface area contributed by atoms with E-state index >= 15 is 0 Å². The van der Waals surface area contributed by atoms with E-state index in [-0.39, 0.29) is 5.69 Å². The van der Waals surface area contributed by atoms with Crippen LogP contribution in [0.25, 0.3) is 0 Å². The van der Waals surface area contributed by atoms with Gasteiger partial charge in [0.2, 0.25) is 5.88 Å². The second-order valence-electron chi connectivity index (χ2n) is 3.63. The van der Waals surface area contributed by atoms with Crippen molar-refractivity contribution in [3.8, 4) is 5.88 Å². The van der Waals surface area contributed by atoms with E-state index < -0.39 is 20.7 Å². The third kappa shape index (κ3) is 3.00. The van der Waals surface area contributed by atoms with Crippen molar-refractivity contribution in [1.82, 2.24) is 4.98 Å². The molecule has 0 aliphatic carbocycles. The summed E-state index contributed by atoms with van der Waals surface area (Å²) in [5, 5.41) is 0. The SMILES string of the molecule is COc1ccc(NS(=O)(=O)c2ccccc2F)cn1. The molecule has 0 saturated carbocycles. The predicted molar refractivity (Wildman–Crippen MR) is 68.0 cm³/mol. The second-order valence-corrected chi connectivity index (χ2v) is 5.28. The Morgan fingerprint density at radius 2 is 1.95 bits per heavy atom. The topological polar surface area (TPSA) is 68.3 Å². The first-order chi connectivity index (χ1) is 9.03. The number of aromatic nitrogens is 1. The van der Waals surface area contributed by atoms with Gasteiger partial charge < -0.3 is 4.74 Å². The Balaban J connectivity index is 2.28. The first kappa shape index (κ1) is 13.3. The molecular formula is C12H11FN2O3S. The molecule has 0 atom stereocenters. The average Bonchev–Trinajstić information content (AvgIpc) is 2.39. The number of methoxy groups -OCH3 is 1. The molecule has 0 radical (unpaired) electrons. The molecule has 19 heavy (non-hydrogen) atoms. The molecule has 100 valence electrons. The molecule has 2 rings (SSSR count). The summed E-state index contributed by atoms with van der Waals surface area (Å²) < 4.78 is 44.5. The highest BCUT2D eigenvalue weighted by molar-refractivity contribution is 7.92. The summed E-state index contributed by atoms with van der Waals surface area (Å²) in [6.07, 6.45) is 1.29. The Morgan fingerprint density at radius 1 is 1.21 bits per heavy atom. The molecule has 0 fully saturated rings. The summed E-state index contributed by atoms with van der Waals surface area (Å²) in [5.41, 5.74) is 0.226. The Hall–Kier alpha value is -2.15. The number of rotatable bonds is 4. The molecule has 0 unspecified atom stereocenters. The largest absolute Gasteiger partial charge is 0.481 e. The van der Waals surface area contributed by atoms with Crippen LogP contribution in [0.4, 0.5) is 10.1 Å². The average molecular weight is 282 g/mol. The Bertz CT molecular complexity index is 672. The summed E-state index contributed by atoms with van der Waals surface area (Å²) in [5.74, 6) is -0.453. The number of pyridine rings is 1. The van der Waals surface area contributed by atoms with Gasteiger partial charge in [-0.05, 0) is 18.2 Å².